The molecule has 3 aromatic rings. The fraction of sp³-hybridized carbons (Fsp3) is 0.0526. The SMILES string of the molecule is N#Cc1c(C(F)(F)F)cc(-c2ccc(Cl)cc2)nc1-c1ccc(F)cc1. The lowest BCUT2D eigenvalue weighted by atomic mass is 9.98. The lowest BCUT2D eigenvalue weighted by Gasteiger charge is -2.15. The van der Waals surface area contributed by atoms with Gasteiger partial charge in [0.2, 0.25) is 0 Å². The molecule has 2 aromatic carbocycles. The van der Waals surface area contributed by atoms with Crippen molar-refractivity contribution in [2.75, 3.05) is 0 Å². The molecule has 3 rings (SSSR count). The number of aromatic nitrogens is 1. The highest BCUT2D eigenvalue weighted by molar-refractivity contribution is 6.30. The van der Waals surface area contributed by atoms with Gasteiger partial charge >= 0.3 is 6.18 Å². The number of nitriles is 1. The van der Waals surface area contributed by atoms with Gasteiger partial charge in [0.05, 0.1) is 22.5 Å². The summed E-state index contributed by atoms with van der Waals surface area (Å²) < 4.78 is 53.6. The largest absolute Gasteiger partial charge is 0.417 e. The van der Waals surface area contributed by atoms with Crippen molar-refractivity contribution in [2.45, 2.75) is 6.18 Å². The minimum atomic E-state index is -4.75. The summed E-state index contributed by atoms with van der Waals surface area (Å²) in [7, 11) is 0. The summed E-state index contributed by atoms with van der Waals surface area (Å²) in [5, 5.41) is 9.72. The maximum absolute atomic E-state index is 13.5. The van der Waals surface area contributed by atoms with Gasteiger partial charge in [-0.1, -0.05) is 23.7 Å². The predicted octanol–water partition coefficient (Wildman–Crippen LogP) is 6.10. The number of nitrogens with zero attached hydrogens (tertiary/aromatic N) is 2. The molecule has 1 heterocycles. The number of hydrogen-bond acceptors (Lipinski definition) is 2. The molecule has 0 amide bonds. The minimum absolute atomic E-state index is 0.0346. The van der Waals surface area contributed by atoms with Gasteiger partial charge in [-0.3, -0.25) is 0 Å². The number of halogens is 5. The molecular formula is C19H9ClF4N2. The van der Waals surface area contributed by atoms with Crippen molar-refractivity contribution in [1.29, 1.82) is 5.26 Å². The second kappa shape index (κ2) is 6.77. The Bertz CT molecular complexity index is 988. The standard InChI is InChI=1S/C19H9ClF4N2/c20-13-5-1-11(2-6-13)17-9-16(19(22,23)24)15(10-25)18(26-17)12-3-7-14(21)8-4-12/h1-9H. The van der Waals surface area contributed by atoms with Crippen molar-refractivity contribution in [3.05, 3.63) is 76.6 Å². The second-order valence-electron chi connectivity index (χ2n) is 5.40. The molecule has 130 valence electrons. The number of rotatable bonds is 2. The zero-order valence-electron chi connectivity index (χ0n) is 13.0. The van der Waals surface area contributed by atoms with Crippen molar-refractivity contribution >= 4 is 11.6 Å². The first-order valence-electron chi connectivity index (χ1n) is 7.34. The Labute approximate surface area is 151 Å². The molecular weight excluding hydrogens is 368 g/mol. The van der Waals surface area contributed by atoms with Crippen LogP contribution < -0.4 is 0 Å². The van der Waals surface area contributed by atoms with Crippen molar-refractivity contribution in [2.24, 2.45) is 0 Å². The van der Waals surface area contributed by atoms with Crippen LogP contribution in [0, 0.1) is 17.1 Å². The zero-order valence-corrected chi connectivity index (χ0v) is 13.7. The monoisotopic (exact) mass is 376 g/mol. The van der Waals surface area contributed by atoms with Gasteiger partial charge in [-0.2, -0.15) is 18.4 Å². The van der Waals surface area contributed by atoms with E-state index in [4.69, 9.17) is 11.6 Å². The van der Waals surface area contributed by atoms with E-state index in [1.54, 1.807) is 6.07 Å². The third kappa shape index (κ3) is 3.53. The highest BCUT2D eigenvalue weighted by Crippen LogP contribution is 2.38. The fourth-order valence-corrected chi connectivity index (χ4v) is 2.59. The highest BCUT2D eigenvalue weighted by Gasteiger charge is 2.36. The van der Waals surface area contributed by atoms with Crippen molar-refractivity contribution in [3.63, 3.8) is 0 Å². The summed E-state index contributed by atoms with van der Waals surface area (Å²) in [5.41, 5.74) is -1.21. The van der Waals surface area contributed by atoms with E-state index in [1.807, 2.05) is 0 Å². The summed E-state index contributed by atoms with van der Waals surface area (Å²) in [6, 6.07) is 13.3. The van der Waals surface area contributed by atoms with Gasteiger partial charge in [0, 0.05) is 16.1 Å². The van der Waals surface area contributed by atoms with Crippen molar-refractivity contribution in [1.82, 2.24) is 4.98 Å². The first kappa shape index (κ1) is 17.9. The van der Waals surface area contributed by atoms with E-state index in [-0.39, 0.29) is 17.0 Å². The topological polar surface area (TPSA) is 36.7 Å². The Morgan fingerprint density at radius 2 is 1.50 bits per heavy atom. The Morgan fingerprint density at radius 1 is 0.923 bits per heavy atom. The molecule has 0 unspecified atom stereocenters. The van der Waals surface area contributed by atoms with E-state index >= 15 is 0 Å². The van der Waals surface area contributed by atoms with E-state index in [9.17, 15) is 22.8 Å². The summed E-state index contributed by atoms with van der Waals surface area (Å²) in [6.07, 6.45) is -4.75. The molecule has 0 radical (unpaired) electrons. The van der Waals surface area contributed by atoms with E-state index in [0.29, 0.717) is 10.6 Å². The number of alkyl halides is 3. The smallest absolute Gasteiger partial charge is 0.246 e. The maximum Gasteiger partial charge on any atom is 0.417 e. The predicted molar refractivity (Wildman–Crippen MR) is 89.8 cm³/mol. The van der Waals surface area contributed by atoms with E-state index in [2.05, 4.69) is 4.98 Å². The Morgan fingerprint density at radius 3 is 2.04 bits per heavy atom. The van der Waals surface area contributed by atoms with Crippen LogP contribution in [-0.4, -0.2) is 4.98 Å². The lowest BCUT2D eigenvalue weighted by Crippen LogP contribution is -2.10. The average Bonchev–Trinajstić information content (AvgIpc) is 2.61. The maximum atomic E-state index is 13.5. The van der Waals surface area contributed by atoms with Crippen LogP contribution in [0.4, 0.5) is 17.6 Å². The molecule has 0 aliphatic carbocycles. The second-order valence-corrected chi connectivity index (χ2v) is 5.84. The fourth-order valence-electron chi connectivity index (χ4n) is 2.47. The van der Waals surface area contributed by atoms with Crippen molar-refractivity contribution in [3.8, 4) is 28.6 Å². The molecule has 0 atom stereocenters. The Kier molecular flexibility index (Phi) is 4.66. The van der Waals surface area contributed by atoms with Crippen LogP contribution in [-0.2, 0) is 6.18 Å². The third-order valence-electron chi connectivity index (χ3n) is 3.69. The quantitative estimate of drug-likeness (QED) is 0.507. The van der Waals surface area contributed by atoms with Gasteiger partial charge in [0.15, 0.2) is 0 Å². The third-order valence-corrected chi connectivity index (χ3v) is 3.95. The van der Waals surface area contributed by atoms with Crippen LogP contribution in [0.25, 0.3) is 22.5 Å². The van der Waals surface area contributed by atoms with Crippen LogP contribution in [0.5, 0.6) is 0 Å². The first-order valence-corrected chi connectivity index (χ1v) is 7.71. The van der Waals surface area contributed by atoms with Gasteiger partial charge in [-0.05, 0) is 42.5 Å². The van der Waals surface area contributed by atoms with E-state index < -0.39 is 23.1 Å². The highest BCUT2D eigenvalue weighted by atomic mass is 35.5. The molecule has 26 heavy (non-hydrogen) atoms. The van der Waals surface area contributed by atoms with Gasteiger partial charge in [-0.25, -0.2) is 9.37 Å². The Balaban J connectivity index is 2.31. The molecule has 0 saturated carbocycles. The van der Waals surface area contributed by atoms with E-state index in [0.717, 1.165) is 18.2 Å². The van der Waals surface area contributed by atoms with Crippen LogP contribution in [0.2, 0.25) is 5.02 Å². The molecule has 0 aliphatic heterocycles. The number of benzene rings is 2. The van der Waals surface area contributed by atoms with Crippen LogP contribution in [0.15, 0.2) is 54.6 Å². The van der Waals surface area contributed by atoms with Crippen molar-refractivity contribution < 1.29 is 17.6 Å². The lowest BCUT2D eigenvalue weighted by molar-refractivity contribution is -0.137. The normalized spacial score (nSPS) is 11.2. The molecule has 0 fully saturated rings. The zero-order chi connectivity index (χ0) is 18.9. The average molecular weight is 377 g/mol. The molecule has 0 bridgehead atoms. The van der Waals surface area contributed by atoms with Gasteiger partial charge in [-0.15, -0.1) is 0 Å². The van der Waals surface area contributed by atoms with Crippen LogP contribution >= 0.6 is 11.6 Å². The first-order chi connectivity index (χ1) is 12.3. The van der Waals surface area contributed by atoms with Crippen LogP contribution in [0.1, 0.15) is 11.1 Å². The minimum Gasteiger partial charge on any atom is -0.246 e. The summed E-state index contributed by atoms with van der Waals surface area (Å²) in [4.78, 5) is 4.23. The molecule has 0 N–H and O–H groups in total. The molecule has 7 heteroatoms. The van der Waals surface area contributed by atoms with Gasteiger partial charge in [0.25, 0.3) is 0 Å². The molecule has 2 nitrogen and oxygen atoms in total. The summed E-state index contributed by atoms with van der Waals surface area (Å²) >= 11 is 5.81. The van der Waals surface area contributed by atoms with Crippen LogP contribution in [0.3, 0.4) is 0 Å². The molecule has 0 spiro atoms. The summed E-state index contributed by atoms with van der Waals surface area (Å²) in [6.45, 7) is 0. The van der Waals surface area contributed by atoms with Gasteiger partial charge < -0.3 is 0 Å². The molecule has 1 aromatic heterocycles. The summed E-state index contributed by atoms with van der Waals surface area (Å²) in [5.74, 6) is -0.544. The number of pyridine rings is 1. The molecule has 0 saturated heterocycles. The van der Waals surface area contributed by atoms with Gasteiger partial charge in [0.1, 0.15) is 11.9 Å². The van der Waals surface area contributed by atoms with E-state index in [1.165, 1.54) is 36.4 Å². The number of hydrogen-bond donors (Lipinski definition) is 0. The Hall–Kier alpha value is -2.91. The molecule has 0 aliphatic rings.